The average Bonchev–Trinajstić information content (AvgIpc) is 2.63. The molecule has 1 saturated carbocycles. The van der Waals surface area contributed by atoms with Gasteiger partial charge in [0.25, 0.3) is 0 Å². The van der Waals surface area contributed by atoms with Gasteiger partial charge in [-0.3, -0.25) is 4.79 Å². The zero-order valence-electron chi connectivity index (χ0n) is 12.3. The fourth-order valence-electron chi connectivity index (χ4n) is 4.76. The average molecular weight is 282 g/mol. The molecule has 1 aliphatic carbocycles. The van der Waals surface area contributed by atoms with E-state index in [-0.39, 0.29) is 17.8 Å². The predicted octanol–water partition coefficient (Wildman–Crippen LogP) is 2.39. The van der Waals surface area contributed by atoms with E-state index in [1.165, 1.54) is 0 Å². The van der Waals surface area contributed by atoms with Crippen molar-refractivity contribution in [3.63, 3.8) is 0 Å². The molecule has 4 heterocycles. The highest BCUT2D eigenvalue weighted by Gasteiger charge is 2.69. The van der Waals surface area contributed by atoms with E-state index in [1.54, 1.807) is 0 Å². The molecule has 0 unspecified atom stereocenters. The molecule has 112 valence electrons. The fraction of sp³-hybridized carbons (Fsp3) is 0.933. The van der Waals surface area contributed by atoms with Crippen molar-refractivity contribution >= 4 is 5.97 Å². The van der Waals surface area contributed by atoms with Gasteiger partial charge in [0.15, 0.2) is 5.60 Å². The van der Waals surface area contributed by atoms with Gasteiger partial charge in [-0.2, -0.15) is 0 Å². The second kappa shape index (κ2) is 3.96. The zero-order valence-corrected chi connectivity index (χ0v) is 12.3. The SMILES string of the molecule is C[C@@H]1CC[C@H]2[C@H](C)C(=O)O[C@@H]3O[C@]4(C)CC[C@@H]1[C@]32OO4. The van der Waals surface area contributed by atoms with Crippen LogP contribution in [0.4, 0.5) is 0 Å². The highest BCUT2D eigenvalue weighted by atomic mass is 17.3. The summed E-state index contributed by atoms with van der Waals surface area (Å²) in [6.07, 6.45) is 3.24. The minimum atomic E-state index is -0.793. The molecule has 20 heavy (non-hydrogen) atoms. The normalized spacial score (nSPS) is 57.8. The van der Waals surface area contributed by atoms with Crippen LogP contribution in [0, 0.1) is 23.7 Å². The quantitative estimate of drug-likeness (QED) is 0.504. The van der Waals surface area contributed by atoms with E-state index in [9.17, 15) is 4.79 Å². The number of esters is 1. The van der Waals surface area contributed by atoms with Gasteiger partial charge in [0.2, 0.25) is 12.1 Å². The van der Waals surface area contributed by atoms with Gasteiger partial charge in [0.1, 0.15) is 0 Å². The summed E-state index contributed by atoms with van der Waals surface area (Å²) in [4.78, 5) is 23.7. The van der Waals surface area contributed by atoms with Crippen LogP contribution in [0.5, 0.6) is 0 Å². The van der Waals surface area contributed by atoms with Crippen molar-refractivity contribution < 1.29 is 24.0 Å². The molecule has 0 aromatic heterocycles. The van der Waals surface area contributed by atoms with Gasteiger partial charge in [-0.05, 0) is 32.1 Å². The maximum absolute atomic E-state index is 12.1. The minimum Gasteiger partial charge on any atom is -0.432 e. The predicted molar refractivity (Wildman–Crippen MR) is 68.0 cm³/mol. The Morgan fingerprint density at radius 1 is 1.10 bits per heavy atom. The number of hydrogen-bond donors (Lipinski definition) is 0. The Kier molecular flexibility index (Phi) is 2.58. The molecule has 5 heteroatoms. The first-order valence-electron chi connectivity index (χ1n) is 7.71. The lowest BCUT2D eigenvalue weighted by molar-refractivity contribution is -0.559. The van der Waals surface area contributed by atoms with Crippen molar-refractivity contribution in [1.29, 1.82) is 0 Å². The van der Waals surface area contributed by atoms with Gasteiger partial charge < -0.3 is 9.47 Å². The summed E-state index contributed by atoms with van der Waals surface area (Å²) in [5.74, 6) is -0.137. The molecule has 1 spiro atoms. The number of rotatable bonds is 0. The van der Waals surface area contributed by atoms with Gasteiger partial charge in [0.05, 0.1) is 5.92 Å². The van der Waals surface area contributed by atoms with Crippen LogP contribution in [-0.4, -0.2) is 23.6 Å². The van der Waals surface area contributed by atoms with Crippen LogP contribution in [0.1, 0.15) is 46.5 Å². The van der Waals surface area contributed by atoms with Crippen molar-refractivity contribution in [2.45, 2.75) is 64.1 Å². The molecule has 7 atom stereocenters. The Morgan fingerprint density at radius 3 is 2.70 bits per heavy atom. The third kappa shape index (κ3) is 1.46. The second-order valence-electron chi connectivity index (χ2n) is 7.14. The van der Waals surface area contributed by atoms with Crippen molar-refractivity contribution in [2.75, 3.05) is 0 Å². The molecular formula is C15H22O5. The first kappa shape index (κ1) is 13.0. The van der Waals surface area contributed by atoms with Gasteiger partial charge in [0, 0.05) is 18.3 Å². The van der Waals surface area contributed by atoms with E-state index in [0.29, 0.717) is 11.8 Å². The van der Waals surface area contributed by atoms with Crippen LogP contribution >= 0.6 is 0 Å². The molecule has 0 amide bonds. The molecule has 2 bridgehead atoms. The Morgan fingerprint density at radius 2 is 1.90 bits per heavy atom. The third-order valence-electron chi connectivity index (χ3n) is 5.97. The van der Waals surface area contributed by atoms with Crippen molar-refractivity contribution in [1.82, 2.24) is 0 Å². The van der Waals surface area contributed by atoms with E-state index < -0.39 is 17.7 Å². The Hall–Kier alpha value is -0.650. The summed E-state index contributed by atoms with van der Waals surface area (Å²) in [5, 5.41) is 0. The summed E-state index contributed by atoms with van der Waals surface area (Å²) in [7, 11) is 0. The highest BCUT2D eigenvalue weighted by molar-refractivity contribution is 5.74. The highest BCUT2D eigenvalue weighted by Crippen LogP contribution is 2.59. The van der Waals surface area contributed by atoms with Crippen molar-refractivity contribution in [3.8, 4) is 0 Å². The lowest BCUT2D eigenvalue weighted by Gasteiger charge is -2.57. The molecule has 4 saturated heterocycles. The fourth-order valence-corrected chi connectivity index (χ4v) is 4.76. The van der Waals surface area contributed by atoms with Crippen LogP contribution in [0.2, 0.25) is 0 Å². The summed E-state index contributed by atoms with van der Waals surface area (Å²) in [5.41, 5.74) is -0.610. The van der Waals surface area contributed by atoms with E-state index in [2.05, 4.69) is 6.92 Å². The Bertz CT molecular complexity index is 452. The van der Waals surface area contributed by atoms with E-state index in [1.807, 2.05) is 13.8 Å². The van der Waals surface area contributed by atoms with E-state index >= 15 is 0 Å². The van der Waals surface area contributed by atoms with Crippen molar-refractivity contribution in [3.05, 3.63) is 0 Å². The van der Waals surface area contributed by atoms with Crippen molar-refractivity contribution in [2.24, 2.45) is 23.7 Å². The first-order chi connectivity index (χ1) is 9.46. The molecule has 5 aliphatic rings. The molecule has 0 aromatic carbocycles. The van der Waals surface area contributed by atoms with Gasteiger partial charge in [-0.15, -0.1) is 0 Å². The molecule has 5 rings (SSSR count). The summed E-state index contributed by atoms with van der Waals surface area (Å²) < 4.78 is 11.6. The van der Waals surface area contributed by atoms with Gasteiger partial charge >= 0.3 is 5.97 Å². The standard InChI is InChI=1S/C15H22O5/c1-8-4-5-11-9(2)12(16)17-13-15(11)10(8)6-7-14(3,18-13)19-20-15/h8-11,13H,4-7H2,1-3H3/t8-,9+,10+,11+,13-,14+,15-/m1/s1. The van der Waals surface area contributed by atoms with Crippen LogP contribution < -0.4 is 0 Å². The zero-order chi connectivity index (χ0) is 14.1. The van der Waals surface area contributed by atoms with E-state index in [4.69, 9.17) is 19.2 Å². The monoisotopic (exact) mass is 282 g/mol. The van der Waals surface area contributed by atoms with Crippen LogP contribution in [-0.2, 0) is 24.0 Å². The lowest BCUT2D eigenvalue weighted by atomic mass is 9.58. The number of hydrogen-bond acceptors (Lipinski definition) is 5. The molecule has 0 radical (unpaired) electrons. The third-order valence-corrected chi connectivity index (χ3v) is 5.97. The maximum Gasteiger partial charge on any atom is 0.311 e. The summed E-state index contributed by atoms with van der Waals surface area (Å²) >= 11 is 0. The molecule has 4 aliphatic heterocycles. The largest absolute Gasteiger partial charge is 0.432 e. The number of carbonyl (C=O) groups is 1. The second-order valence-corrected chi connectivity index (χ2v) is 7.14. The first-order valence-corrected chi connectivity index (χ1v) is 7.71. The number of fused-ring (bicyclic) bond motifs is 2. The molecule has 5 fully saturated rings. The summed E-state index contributed by atoms with van der Waals surface area (Å²) in [6.45, 7) is 6.06. The Labute approximate surface area is 118 Å². The van der Waals surface area contributed by atoms with E-state index in [0.717, 1.165) is 25.7 Å². The number of ether oxygens (including phenoxy) is 2. The maximum atomic E-state index is 12.1. The lowest BCUT2D eigenvalue weighted by Crippen LogP contribution is -2.69. The van der Waals surface area contributed by atoms with Crippen LogP contribution in [0.25, 0.3) is 0 Å². The van der Waals surface area contributed by atoms with Gasteiger partial charge in [-0.25, -0.2) is 9.78 Å². The number of carbonyl (C=O) groups excluding carboxylic acids is 1. The van der Waals surface area contributed by atoms with Crippen LogP contribution in [0.15, 0.2) is 0 Å². The topological polar surface area (TPSA) is 54.0 Å². The van der Waals surface area contributed by atoms with Gasteiger partial charge in [-0.1, -0.05) is 13.8 Å². The molecular weight excluding hydrogens is 260 g/mol. The molecule has 0 aromatic rings. The summed E-state index contributed by atoms with van der Waals surface area (Å²) in [6, 6.07) is 0. The minimum absolute atomic E-state index is 0.123. The molecule has 0 N–H and O–H groups in total. The Balaban J connectivity index is 1.84. The van der Waals surface area contributed by atoms with Crippen LogP contribution in [0.3, 0.4) is 0 Å². The molecule has 5 nitrogen and oxygen atoms in total. The smallest absolute Gasteiger partial charge is 0.311 e.